The molecule has 0 bridgehead atoms. The van der Waals surface area contributed by atoms with E-state index in [4.69, 9.17) is 16.7 Å². The number of carbonyl (C=O) groups is 2. The largest absolute Gasteiger partial charge is 0.481 e. The monoisotopic (exact) mass is 268 g/mol. The van der Waals surface area contributed by atoms with Gasteiger partial charge in [-0.1, -0.05) is 11.6 Å². The number of aliphatic carboxylic acids is 1. The summed E-state index contributed by atoms with van der Waals surface area (Å²) in [6.07, 6.45) is 1.86. The number of halogens is 1. The molecule has 1 N–H and O–H groups in total. The fourth-order valence-electron chi connectivity index (χ4n) is 1.97. The molecule has 1 saturated heterocycles. The SMILES string of the molecule is CC1(C(=O)O)CCN(C(=O)c2ccc(Cl)cn2)C1. The zero-order chi connectivity index (χ0) is 13.3. The standard InChI is InChI=1S/C12H13ClN2O3/c1-12(11(17)18)4-5-15(7-12)10(16)9-3-2-8(13)6-14-9/h2-3,6H,4-5,7H2,1H3,(H,17,18). The number of rotatable bonds is 2. The predicted octanol–water partition coefficient (Wildman–Crippen LogP) is 1.67. The number of nitrogens with zero attached hydrogens (tertiary/aromatic N) is 2. The van der Waals surface area contributed by atoms with Crippen molar-refractivity contribution in [3.8, 4) is 0 Å². The topological polar surface area (TPSA) is 70.5 Å². The van der Waals surface area contributed by atoms with Crippen LogP contribution in [-0.2, 0) is 4.79 Å². The van der Waals surface area contributed by atoms with Crippen molar-refractivity contribution in [2.75, 3.05) is 13.1 Å². The third-order valence-electron chi connectivity index (χ3n) is 3.22. The Balaban J connectivity index is 2.12. The van der Waals surface area contributed by atoms with Gasteiger partial charge in [-0.3, -0.25) is 9.59 Å². The van der Waals surface area contributed by atoms with Gasteiger partial charge in [0, 0.05) is 19.3 Å². The maximum atomic E-state index is 12.1. The lowest BCUT2D eigenvalue weighted by Gasteiger charge is -2.19. The maximum Gasteiger partial charge on any atom is 0.311 e. The Labute approximate surface area is 109 Å². The molecule has 0 aliphatic carbocycles. The molecule has 96 valence electrons. The quantitative estimate of drug-likeness (QED) is 0.886. The molecular weight excluding hydrogens is 256 g/mol. The molecule has 1 aliphatic rings. The van der Waals surface area contributed by atoms with E-state index in [1.54, 1.807) is 19.1 Å². The molecule has 18 heavy (non-hydrogen) atoms. The highest BCUT2D eigenvalue weighted by atomic mass is 35.5. The molecule has 1 aromatic heterocycles. The Morgan fingerprint density at radius 2 is 2.22 bits per heavy atom. The van der Waals surface area contributed by atoms with Crippen LogP contribution < -0.4 is 0 Å². The Bertz CT molecular complexity index is 489. The van der Waals surface area contributed by atoms with Crippen LogP contribution >= 0.6 is 11.6 Å². The van der Waals surface area contributed by atoms with Gasteiger partial charge >= 0.3 is 5.97 Å². The van der Waals surface area contributed by atoms with Crippen molar-refractivity contribution in [2.45, 2.75) is 13.3 Å². The lowest BCUT2D eigenvalue weighted by molar-refractivity contribution is -0.147. The fourth-order valence-corrected chi connectivity index (χ4v) is 2.09. The van der Waals surface area contributed by atoms with E-state index in [-0.39, 0.29) is 18.1 Å². The average molecular weight is 269 g/mol. The molecule has 2 rings (SSSR count). The molecule has 6 heteroatoms. The van der Waals surface area contributed by atoms with E-state index in [9.17, 15) is 9.59 Å². The number of pyridine rings is 1. The summed E-state index contributed by atoms with van der Waals surface area (Å²) in [4.78, 5) is 28.7. The lowest BCUT2D eigenvalue weighted by Crippen LogP contribution is -2.35. The predicted molar refractivity (Wildman–Crippen MR) is 65.5 cm³/mol. The maximum absolute atomic E-state index is 12.1. The normalized spacial score (nSPS) is 23.1. The van der Waals surface area contributed by atoms with Crippen LogP contribution in [0.15, 0.2) is 18.3 Å². The molecule has 1 atom stereocenters. The number of carboxylic acid groups (broad SMARTS) is 1. The highest BCUT2D eigenvalue weighted by Crippen LogP contribution is 2.30. The molecule has 0 aromatic carbocycles. The van der Waals surface area contributed by atoms with Crippen molar-refractivity contribution in [3.05, 3.63) is 29.0 Å². The first-order valence-electron chi connectivity index (χ1n) is 5.57. The van der Waals surface area contributed by atoms with Gasteiger partial charge in [0.1, 0.15) is 5.69 Å². The van der Waals surface area contributed by atoms with Gasteiger partial charge in [-0.15, -0.1) is 0 Å². The van der Waals surface area contributed by atoms with Gasteiger partial charge in [-0.25, -0.2) is 4.98 Å². The highest BCUT2D eigenvalue weighted by Gasteiger charge is 2.42. The average Bonchev–Trinajstić information content (AvgIpc) is 2.73. The van der Waals surface area contributed by atoms with Gasteiger partial charge < -0.3 is 10.0 Å². The van der Waals surface area contributed by atoms with E-state index in [0.717, 1.165) is 0 Å². The van der Waals surface area contributed by atoms with Crippen molar-refractivity contribution in [1.82, 2.24) is 9.88 Å². The van der Waals surface area contributed by atoms with Crippen LogP contribution in [0.3, 0.4) is 0 Å². The first-order valence-corrected chi connectivity index (χ1v) is 5.94. The molecule has 1 aliphatic heterocycles. The molecule has 0 radical (unpaired) electrons. The van der Waals surface area contributed by atoms with Crippen LogP contribution in [0.25, 0.3) is 0 Å². The summed E-state index contributed by atoms with van der Waals surface area (Å²) in [5, 5.41) is 9.57. The number of amides is 1. The summed E-state index contributed by atoms with van der Waals surface area (Å²) < 4.78 is 0. The molecule has 2 heterocycles. The van der Waals surface area contributed by atoms with Crippen LogP contribution in [0, 0.1) is 5.41 Å². The van der Waals surface area contributed by atoms with Crippen LogP contribution in [0.5, 0.6) is 0 Å². The first kappa shape index (κ1) is 12.8. The van der Waals surface area contributed by atoms with E-state index < -0.39 is 11.4 Å². The van der Waals surface area contributed by atoms with Gasteiger partial charge in [0.25, 0.3) is 5.91 Å². The first-order chi connectivity index (χ1) is 8.42. The summed E-state index contributed by atoms with van der Waals surface area (Å²) in [7, 11) is 0. The molecule has 1 aromatic rings. The third kappa shape index (κ3) is 2.31. The van der Waals surface area contributed by atoms with Gasteiger partial charge in [-0.05, 0) is 25.5 Å². The number of hydrogen-bond donors (Lipinski definition) is 1. The Morgan fingerprint density at radius 1 is 1.50 bits per heavy atom. The van der Waals surface area contributed by atoms with E-state index in [1.807, 2.05) is 0 Å². The van der Waals surface area contributed by atoms with Gasteiger partial charge in [0.2, 0.25) is 0 Å². The van der Waals surface area contributed by atoms with Crippen LogP contribution in [0.4, 0.5) is 0 Å². The number of likely N-dealkylation sites (tertiary alicyclic amines) is 1. The number of aromatic nitrogens is 1. The van der Waals surface area contributed by atoms with Crippen LogP contribution in [0.2, 0.25) is 5.02 Å². The molecule has 0 saturated carbocycles. The number of hydrogen-bond acceptors (Lipinski definition) is 3. The minimum atomic E-state index is -0.873. The zero-order valence-corrected chi connectivity index (χ0v) is 10.6. The zero-order valence-electron chi connectivity index (χ0n) is 9.89. The van der Waals surface area contributed by atoms with Crippen LogP contribution in [0.1, 0.15) is 23.8 Å². The summed E-state index contributed by atoms with van der Waals surface area (Å²) in [5.74, 6) is -1.13. The molecular formula is C12H13ClN2O3. The van der Waals surface area contributed by atoms with Crippen molar-refractivity contribution in [1.29, 1.82) is 0 Å². The van der Waals surface area contributed by atoms with E-state index >= 15 is 0 Å². The Kier molecular flexibility index (Phi) is 3.26. The summed E-state index contributed by atoms with van der Waals surface area (Å²) in [5.41, 5.74) is -0.573. The molecule has 0 spiro atoms. The molecule has 1 unspecified atom stereocenters. The Hall–Kier alpha value is -1.62. The fraction of sp³-hybridized carbons (Fsp3) is 0.417. The molecule has 5 nitrogen and oxygen atoms in total. The van der Waals surface area contributed by atoms with Crippen molar-refractivity contribution in [3.63, 3.8) is 0 Å². The number of carbonyl (C=O) groups excluding carboxylic acids is 1. The summed E-state index contributed by atoms with van der Waals surface area (Å²) in [6, 6.07) is 3.13. The van der Waals surface area contributed by atoms with Gasteiger partial charge in [-0.2, -0.15) is 0 Å². The second kappa shape index (κ2) is 4.57. The van der Waals surface area contributed by atoms with Crippen LogP contribution in [-0.4, -0.2) is 40.0 Å². The summed E-state index contributed by atoms with van der Waals surface area (Å²) in [6.45, 7) is 2.30. The van der Waals surface area contributed by atoms with Gasteiger partial charge in [0.15, 0.2) is 0 Å². The van der Waals surface area contributed by atoms with Crippen molar-refractivity contribution < 1.29 is 14.7 Å². The third-order valence-corrected chi connectivity index (χ3v) is 3.45. The Morgan fingerprint density at radius 3 is 2.72 bits per heavy atom. The van der Waals surface area contributed by atoms with Crippen molar-refractivity contribution in [2.24, 2.45) is 5.41 Å². The molecule has 1 fully saturated rings. The van der Waals surface area contributed by atoms with Crippen molar-refractivity contribution >= 4 is 23.5 Å². The summed E-state index contributed by atoms with van der Waals surface area (Å²) >= 11 is 5.70. The van der Waals surface area contributed by atoms with E-state index in [0.29, 0.717) is 18.0 Å². The van der Waals surface area contributed by atoms with E-state index in [2.05, 4.69) is 4.98 Å². The number of carboxylic acids is 1. The highest BCUT2D eigenvalue weighted by molar-refractivity contribution is 6.30. The second-order valence-corrected chi connectivity index (χ2v) is 5.14. The smallest absolute Gasteiger partial charge is 0.311 e. The van der Waals surface area contributed by atoms with Gasteiger partial charge in [0.05, 0.1) is 10.4 Å². The minimum absolute atomic E-state index is 0.214. The minimum Gasteiger partial charge on any atom is -0.481 e. The molecule has 1 amide bonds. The second-order valence-electron chi connectivity index (χ2n) is 4.70. The van der Waals surface area contributed by atoms with E-state index in [1.165, 1.54) is 11.1 Å². The lowest BCUT2D eigenvalue weighted by atomic mass is 9.90.